The van der Waals surface area contributed by atoms with Gasteiger partial charge in [0.05, 0.1) is 5.52 Å². The van der Waals surface area contributed by atoms with Crippen molar-refractivity contribution < 1.29 is 0 Å². The molecule has 5 nitrogen and oxygen atoms in total. The summed E-state index contributed by atoms with van der Waals surface area (Å²) >= 11 is 0. The third-order valence-electron chi connectivity index (χ3n) is 6.07. The monoisotopic (exact) mass is 403 g/mol. The number of aromatic nitrogens is 2. The molecule has 3 aromatic rings. The van der Waals surface area contributed by atoms with Crippen LogP contribution < -0.4 is 15.5 Å². The summed E-state index contributed by atoms with van der Waals surface area (Å²) < 4.78 is 0. The van der Waals surface area contributed by atoms with E-state index in [0.29, 0.717) is 6.04 Å². The Morgan fingerprint density at radius 3 is 2.40 bits per heavy atom. The normalized spacial score (nSPS) is 19.0. The second kappa shape index (κ2) is 9.43. The highest BCUT2D eigenvalue weighted by atomic mass is 15.2. The van der Waals surface area contributed by atoms with Gasteiger partial charge >= 0.3 is 0 Å². The van der Waals surface area contributed by atoms with Gasteiger partial charge < -0.3 is 15.5 Å². The Hall–Kier alpha value is -2.66. The minimum Gasteiger partial charge on any atom is -0.362 e. The Morgan fingerprint density at radius 2 is 1.67 bits per heavy atom. The molecule has 0 unspecified atom stereocenters. The fourth-order valence-electron chi connectivity index (χ4n) is 4.29. The van der Waals surface area contributed by atoms with Gasteiger partial charge in [0.2, 0.25) is 5.95 Å². The van der Waals surface area contributed by atoms with E-state index in [1.165, 1.54) is 36.8 Å². The summed E-state index contributed by atoms with van der Waals surface area (Å²) in [6.07, 6.45) is 4.83. The van der Waals surface area contributed by atoms with Gasteiger partial charge in [-0.15, -0.1) is 0 Å². The Balaban J connectivity index is 1.29. The predicted octanol–water partition coefficient (Wildman–Crippen LogP) is 4.76. The second-order valence-electron chi connectivity index (χ2n) is 8.76. The molecule has 0 aliphatic heterocycles. The first-order valence-corrected chi connectivity index (χ1v) is 11.1. The molecule has 4 rings (SSSR count). The van der Waals surface area contributed by atoms with E-state index in [4.69, 9.17) is 9.97 Å². The van der Waals surface area contributed by atoms with Crippen LogP contribution in [0.2, 0.25) is 0 Å². The molecular weight excluding hydrogens is 370 g/mol. The number of aryl methyl sites for hydroxylation is 1. The van der Waals surface area contributed by atoms with Crippen molar-refractivity contribution in [3.05, 3.63) is 59.7 Å². The first kappa shape index (κ1) is 20.6. The van der Waals surface area contributed by atoms with Crippen molar-refractivity contribution in [1.82, 2.24) is 15.3 Å². The summed E-state index contributed by atoms with van der Waals surface area (Å²) in [5.41, 5.74) is 3.67. The van der Waals surface area contributed by atoms with Gasteiger partial charge in [-0.1, -0.05) is 42.0 Å². The molecule has 0 bridgehead atoms. The first-order valence-electron chi connectivity index (χ1n) is 11.1. The van der Waals surface area contributed by atoms with Crippen LogP contribution in [-0.4, -0.2) is 36.6 Å². The zero-order valence-corrected chi connectivity index (χ0v) is 18.4. The van der Waals surface area contributed by atoms with Gasteiger partial charge in [-0.2, -0.15) is 4.98 Å². The minimum absolute atomic E-state index is 0.453. The van der Waals surface area contributed by atoms with Crippen molar-refractivity contribution in [2.75, 3.05) is 30.9 Å². The molecule has 1 aliphatic rings. The lowest BCUT2D eigenvalue weighted by Crippen LogP contribution is -2.31. The molecule has 158 valence electrons. The lowest BCUT2D eigenvalue weighted by molar-refractivity contribution is 0.324. The van der Waals surface area contributed by atoms with Gasteiger partial charge in [0, 0.05) is 32.1 Å². The van der Waals surface area contributed by atoms with E-state index in [0.717, 1.165) is 41.7 Å². The summed E-state index contributed by atoms with van der Waals surface area (Å²) in [5.74, 6) is 2.47. The van der Waals surface area contributed by atoms with Gasteiger partial charge in [-0.05, 0) is 62.8 Å². The van der Waals surface area contributed by atoms with Crippen LogP contribution in [0.5, 0.6) is 0 Å². The maximum atomic E-state index is 4.79. The molecule has 1 fully saturated rings. The number of benzene rings is 2. The fourth-order valence-corrected chi connectivity index (χ4v) is 4.29. The predicted molar refractivity (Wildman–Crippen MR) is 126 cm³/mol. The molecule has 0 atom stereocenters. The number of nitrogens with zero attached hydrogens (tertiary/aromatic N) is 3. The smallest absolute Gasteiger partial charge is 0.225 e. The molecule has 2 aromatic carbocycles. The maximum absolute atomic E-state index is 4.79. The third-order valence-corrected chi connectivity index (χ3v) is 6.07. The van der Waals surface area contributed by atoms with E-state index < -0.39 is 0 Å². The molecule has 1 heterocycles. The van der Waals surface area contributed by atoms with Gasteiger partial charge in [0.25, 0.3) is 0 Å². The molecule has 1 saturated carbocycles. The largest absolute Gasteiger partial charge is 0.362 e. The van der Waals surface area contributed by atoms with E-state index in [1.807, 2.05) is 26.2 Å². The zero-order valence-electron chi connectivity index (χ0n) is 18.4. The molecule has 0 amide bonds. The van der Waals surface area contributed by atoms with Crippen LogP contribution >= 0.6 is 0 Å². The molecule has 0 radical (unpaired) electrons. The van der Waals surface area contributed by atoms with Crippen LogP contribution in [0.1, 0.15) is 36.8 Å². The fraction of sp³-hybridized carbons (Fsp3) is 0.440. The van der Waals surface area contributed by atoms with Crippen LogP contribution in [0.4, 0.5) is 11.8 Å². The van der Waals surface area contributed by atoms with Gasteiger partial charge in [0.15, 0.2) is 0 Å². The Labute approximate surface area is 179 Å². The van der Waals surface area contributed by atoms with E-state index in [-0.39, 0.29) is 0 Å². The average Bonchev–Trinajstić information content (AvgIpc) is 2.76. The zero-order chi connectivity index (χ0) is 20.9. The van der Waals surface area contributed by atoms with Gasteiger partial charge in [0.1, 0.15) is 5.82 Å². The molecule has 0 saturated heterocycles. The summed E-state index contributed by atoms with van der Waals surface area (Å²) in [7, 11) is 4.07. The molecule has 0 spiro atoms. The Kier molecular flexibility index (Phi) is 6.48. The van der Waals surface area contributed by atoms with Gasteiger partial charge in [-0.3, -0.25) is 0 Å². The summed E-state index contributed by atoms with van der Waals surface area (Å²) in [6.45, 7) is 4.18. The third kappa shape index (κ3) is 5.08. The second-order valence-corrected chi connectivity index (χ2v) is 8.76. The molecule has 5 heteroatoms. The van der Waals surface area contributed by atoms with Crippen LogP contribution in [0.15, 0.2) is 48.5 Å². The SMILES string of the molecule is Cc1ccc(CNCC2CCC(Nc3nc(N(C)C)c4ccccc4n3)CC2)cc1. The van der Waals surface area contributed by atoms with Crippen molar-refractivity contribution in [2.45, 2.75) is 45.2 Å². The number of hydrogen-bond acceptors (Lipinski definition) is 5. The van der Waals surface area contributed by atoms with Crippen molar-refractivity contribution in [2.24, 2.45) is 5.92 Å². The topological polar surface area (TPSA) is 53.1 Å². The molecule has 1 aromatic heterocycles. The highest BCUT2D eigenvalue weighted by molar-refractivity contribution is 5.90. The van der Waals surface area contributed by atoms with Crippen molar-refractivity contribution >= 4 is 22.7 Å². The van der Waals surface area contributed by atoms with Crippen LogP contribution in [-0.2, 0) is 6.54 Å². The number of para-hydroxylation sites is 1. The van der Waals surface area contributed by atoms with Crippen molar-refractivity contribution in [3.63, 3.8) is 0 Å². The number of rotatable bonds is 7. The summed E-state index contributed by atoms with van der Waals surface area (Å²) in [5, 5.41) is 8.35. The lowest BCUT2D eigenvalue weighted by Gasteiger charge is -2.29. The number of anilines is 2. The Bertz CT molecular complexity index is 959. The van der Waals surface area contributed by atoms with E-state index in [9.17, 15) is 0 Å². The van der Waals surface area contributed by atoms with Crippen LogP contribution in [0, 0.1) is 12.8 Å². The number of nitrogens with one attached hydrogen (secondary N) is 2. The number of fused-ring (bicyclic) bond motifs is 1. The first-order chi connectivity index (χ1) is 14.6. The van der Waals surface area contributed by atoms with Crippen molar-refractivity contribution in [3.8, 4) is 0 Å². The highest BCUT2D eigenvalue weighted by Gasteiger charge is 2.22. The minimum atomic E-state index is 0.453. The van der Waals surface area contributed by atoms with Crippen molar-refractivity contribution in [1.29, 1.82) is 0 Å². The van der Waals surface area contributed by atoms with E-state index >= 15 is 0 Å². The number of hydrogen-bond donors (Lipinski definition) is 2. The van der Waals surface area contributed by atoms with Crippen LogP contribution in [0.25, 0.3) is 10.9 Å². The summed E-state index contributed by atoms with van der Waals surface area (Å²) in [4.78, 5) is 11.6. The highest BCUT2D eigenvalue weighted by Crippen LogP contribution is 2.28. The maximum Gasteiger partial charge on any atom is 0.225 e. The summed E-state index contributed by atoms with van der Waals surface area (Å²) in [6, 6.07) is 17.5. The standard InChI is InChI=1S/C25H33N5/c1-18-8-10-19(11-9-18)16-26-17-20-12-14-21(15-13-20)27-25-28-23-7-5-4-6-22(23)24(29-25)30(2)3/h4-11,20-21,26H,12-17H2,1-3H3,(H,27,28,29). The molecule has 1 aliphatic carbocycles. The van der Waals surface area contributed by atoms with Crippen LogP contribution in [0.3, 0.4) is 0 Å². The van der Waals surface area contributed by atoms with Gasteiger partial charge in [-0.25, -0.2) is 4.98 Å². The molecule has 2 N–H and O–H groups in total. The molecule has 30 heavy (non-hydrogen) atoms. The van der Waals surface area contributed by atoms with E-state index in [1.54, 1.807) is 0 Å². The molecular formula is C25H33N5. The quantitative estimate of drug-likeness (QED) is 0.595. The lowest BCUT2D eigenvalue weighted by atomic mass is 9.86. The Morgan fingerprint density at radius 1 is 0.933 bits per heavy atom. The average molecular weight is 404 g/mol. The van der Waals surface area contributed by atoms with E-state index in [2.05, 4.69) is 58.9 Å².